The summed E-state index contributed by atoms with van der Waals surface area (Å²) >= 11 is 0. The van der Waals surface area contributed by atoms with Crippen LogP contribution >= 0.6 is 0 Å². The molecule has 0 aliphatic heterocycles. The van der Waals surface area contributed by atoms with Gasteiger partial charge in [0, 0.05) is 17.5 Å². The summed E-state index contributed by atoms with van der Waals surface area (Å²) in [6.07, 6.45) is 2.25. The lowest BCUT2D eigenvalue weighted by Gasteiger charge is -2.05. The first-order valence-corrected chi connectivity index (χ1v) is 4.00. The third-order valence-corrected chi connectivity index (χ3v) is 2.04. The van der Waals surface area contributed by atoms with Gasteiger partial charge in [0.2, 0.25) is 0 Å². The number of hydrogen-bond acceptors (Lipinski definition) is 1. The summed E-state index contributed by atoms with van der Waals surface area (Å²) in [4.78, 5) is 0. The van der Waals surface area contributed by atoms with Crippen LogP contribution in [0.5, 0.6) is 5.75 Å². The van der Waals surface area contributed by atoms with Crippen LogP contribution < -0.4 is 4.74 Å². The van der Waals surface area contributed by atoms with Gasteiger partial charge < -0.3 is 4.74 Å². The van der Waals surface area contributed by atoms with Gasteiger partial charge in [-0.1, -0.05) is 6.07 Å². The molecular weight excluding hydrogens is 155 g/mol. The fraction of sp³-hybridized carbons (Fsp3) is 0.300. The van der Waals surface area contributed by atoms with Crippen LogP contribution in [0.4, 0.5) is 4.39 Å². The molecule has 1 radical (unpaired) electrons. The van der Waals surface area contributed by atoms with Crippen LogP contribution in [-0.4, -0.2) is 7.11 Å². The highest BCUT2D eigenvalue weighted by Gasteiger charge is 2.27. The molecular formula is C10H10FO. The molecule has 1 nitrogen and oxygen atoms in total. The van der Waals surface area contributed by atoms with E-state index in [2.05, 4.69) is 0 Å². The van der Waals surface area contributed by atoms with Crippen molar-refractivity contribution < 1.29 is 9.13 Å². The normalized spacial score (nSPS) is 16.2. The van der Waals surface area contributed by atoms with Gasteiger partial charge in [-0.05, 0) is 18.9 Å². The maximum atomic E-state index is 12.7. The Labute approximate surface area is 71.2 Å². The lowest BCUT2D eigenvalue weighted by Crippen LogP contribution is -1.91. The lowest BCUT2D eigenvalue weighted by atomic mass is 10.1. The Morgan fingerprint density at radius 3 is 2.67 bits per heavy atom. The van der Waals surface area contributed by atoms with Crippen molar-refractivity contribution in [2.24, 2.45) is 0 Å². The van der Waals surface area contributed by atoms with Crippen LogP contribution in [0.15, 0.2) is 18.2 Å². The zero-order chi connectivity index (χ0) is 8.55. The van der Waals surface area contributed by atoms with Gasteiger partial charge in [0.05, 0.1) is 7.11 Å². The van der Waals surface area contributed by atoms with Gasteiger partial charge in [-0.3, -0.25) is 0 Å². The van der Waals surface area contributed by atoms with Crippen molar-refractivity contribution in [2.45, 2.75) is 12.8 Å². The van der Waals surface area contributed by atoms with Crippen molar-refractivity contribution in [3.63, 3.8) is 0 Å². The molecule has 0 aromatic heterocycles. The topological polar surface area (TPSA) is 9.23 Å². The number of methoxy groups -OCH3 is 1. The van der Waals surface area contributed by atoms with Crippen LogP contribution in [0, 0.1) is 11.7 Å². The van der Waals surface area contributed by atoms with E-state index in [1.54, 1.807) is 13.2 Å². The van der Waals surface area contributed by atoms with Crippen LogP contribution in [-0.2, 0) is 0 Å². The second-order valence-electron chi connectivity index (χ2n) is 2.95. The maximum absolute atomic E-state index is 12.7. The molecule has 1 aromatic rings. The molecule has 1 aliphatic carbocycles. The Morgan fingerprint density at radius 2 is 2.08 bits per heavy atom. The number of hydrogen-bond donors (Lipinski definition) is 0. The number of rotatable bonds is 2. The Hall–Kier alpha value is -1.05. The van der Waals surface area contributed by atoms with Gasteiger partial charge in [-0.15, -0.1) is 0 Å². The summed E-state index contributed by atoms with van der Waals surface area (Å²) in [6, 6.07) is 4.69. The van der Waals surface area contributed by atoms with E-state index in [9.17, 15) is 4.39 Å². The van der Waals surface area contributed by atoms with Crippen LogP contribution in [0.25, 0.3) is 0 Å². The predicted octanol–water partition coefficient (Wildman–Crippen LogP) is 2.55. The number of halogens is 1. The molecule has 1 aromatic carbocycles. The highest BCUT2D eigenvalue weighted by Crippen LogP contribution is 2.43. The molecule has 0 atom stereocenters. The number of benzene rings is 1. The predicted molar refractivity (Wildman–Crippen MR) is 44.5 cm³/mol. The van der Waals surface area contributed by atoms with E-state index < -0.39 is 0 Å². The highest BCUT2D eigenvalue weighted by molar-refractivity contribution is 5.47. The molecule has 1 saturated carbocycles. The highest BCUT2D eigenvalue weighted by atomic mass is 19.1. The molecule has 0 N–H and O–H groups in total. The second-order valence-corrected chi connectivity index (χ2v) is 2.95. The average molecular weight is 165 g/mol. The van der Waals surface area contributed by atoms with Crippen molar-refractivity contribution in [1.82, 2.24) is 0 Å². The minimum Gasteiger partial charge on any atom is -0.496 e. The smallest absolute Gasteiger partial charge is 0.126 e. The summed E-state index contributed by atoms with van der Waals surface area (Å²) in [6.45, 7) is 0. The van der Waals surface area contributed by atoms with E-state index in [-0.39, 0.29) is 5.82 Å². The first kappa shape index (κ1) is 7.59. The first-order chi connectivity index (χ1) is 5.81. The summed E-state index contributed by atoms with van der Waals surface area (Å²) in [5, 5.41) is 0. The summed E-state index contributed by atoms with van der Waals surface area (Å²) in [5.74, 6) is 1.78. The van der Waals surface area contributed by atoms with Gasteiger partial charge in [0.15, 0.2) is 0 Å². The largest absolute Gasteiger partial charge is 0.496 e. The van der Waals surface area contributed by atoms with Crippen molar-refractivity contribution in [3.05, 3.63) is 35.5 Å². The Morgan fingerprint density at radius 1 is 1.33 bits per heavy atom. The monoisotopic (exact) mass is 165 g/mol. The summed E-state index contributed by atoms with van der Waals surface area (Å²) in [7, 11) is 1.57. The van der Waals surface area contributed by atoms with E-state index in [4.69, 9.17) is 4.74 Å². The van der Waals surface area contributed by atoms with E-state index in [1.807, 2.05) is 0 Å². The van der Waals surface area contributed by atoms with E-state index in [1.165, 1.54) is 18.1 Å². The second kappa shape index (κ2) is 2.77. The molecule has 0 saturated heterocycles. The zero-order valence-corrected chi connectivity index (χ0v) is 6.93. The molecule has 0 bridgehead atoms. The third-order valence-electron chi connectivity index (χ3n) is 2.04. The fourth-order valence-electron chi connectivity index (χ4n) is 1.29. The van der Waals surface area contributed by atoms with Crippen molar-refractivity contribution in [2.75, 3.05) is 7.11 Å². The van der Waals surface area contributed by atoms with E-state index in [0.29, 0.717) is 5.75 Å². The Bertz CT molecular complexity index is 292. The van der Waals surface area contributed by atoms with Crippen molar-refractivity contribution in [3.8, 4) is 5.75 Å². The van der Waals surface area contributed by atoms with Gasteiger partial charge in [0.1, 0.15) is 11.6 Å². The molecule has 1 aliphatic rings. The fourth-order valence-corrected chi connectivity index (χ4v) is 1.29. The quantitative estimate of drug-likeness (QED) is 0.654. The first-order valence-electron chi connectivity index (χ1n) is 4.00. The molecule has 1 fully saturated rings. The zero-order valence-electron chi connectivity index (χ0n) is 6.93. The molecule has 0 spiro atoms. The Balaban J connectivity index is 2.38. The summed E-state index contributed by atoms with van der Waals surface area (Å²) < 4.78 is 17.8. The van der Waals surface area contributed by atoms with E-state index in [0.717, 1.165) is 18.4 Å². The van der Waals surface area contributed by atoms with Crippen LogP contribution in [0.3, 0.4) is 0 Å². The molecule has 2 heteroatoms. The minimum absolute atomic E-state index is 0.239. The number of ether oxygens (including phenoxy) is 1. The minimum atomic E-state index is -0.239. The van der Waals surface area contributed by atoms with Crippen molar-refractivity contribution in [1.29, 1.82) is 0 Å². The van der Waals surface area contributed by atoms with Gasteiger partial charge >= 0.3 is 0 Å². The molecule has 2 rings (SSSR count). The molecule has 12 heavy (non-hydrogen) atoms. The summed E-state index contributed by atoms with van der Waals surface area (Å²) in [5.41, 5.74) is 1.07. The average Bonchev–Trinajstić information content (AvgIpc) is 2.87. The van der Waals surface area contributed by atoms with Gasteiger partial charge in [0.25, 0.3) is 0 Å². The molecule has 0 unspecified atom stereocenters. The lowest BCUT2D eigenvalue weighted by molar-refractivity contribution is 0.408. The SMILES string of the molecule is COc1cc(F)ccc1[C]1CC1. The van der Waals surface area contributed by atoms with Crippen LogP contribution in [0.2, 0.25) is 0 Å². The molecule has 0 heterocycles. The van der Waals surface area contributed by atoms with Crippen molar-refractivity contribution >= 4 is 0 Å². The molecule has 63 valence electrons. The van der Waals surface area contributed by atoms with Gasteiger partial charge in [-0.25, -0.2) is 4.39 Å². The third kappa shape index (κ3) is 1.29. The molecule has 0 amide bonds. The van der Waals surface area contributed by atoms with E-state index >= 15 is 0 Å². The Kier molecular flexibility index (Phi) is 1.75. The van der Waals surface area contributed by atoms with Gasteiger partial charge in [-0.2, -0.15) is 0 Å². The maximum Gasteiger partial charge on any atom is 0.126 e. The standard InChI is InChI=1S/C10H10FO/c1-12-10-6-8(11)4-5-9(10)7-2-3-7/h4-6H,2-3H2,1H3. The van der Waals surface area contributed by atoms with Crippen LogP contribution in [0.1, 0.15) is 18.4 Å².